The Labute approximate surface area is 128 Å². The largest absolute Gasteiger partial charge is 0.388 e. The van der Waals surface area contributed by atoms with E-state index < -0.39 is 10.0 Å². The van der Waals surface area contributed by atoms with Crippen LogP contribution >= 0.6 is 12.2 Å². The van der Waals surface area contributed by atoms with E-state index in [1.54, 1.807) is 30.1 Å². The standard InChI is InChI=1S/C12H15N5O2S2/c1-9(8-17-7-3-6-15-17)16-21(18,19)10-4-2-5-14-11(10)12(13)20/h2-7,9,16H,8H2,1H3,(H2,13,20). The van der Waals surface area contributed by atoms with Gasteiger partial charge in [-0.1, -0.05) is 12.2 Å². The van der Waals surface area contributed by atoms with Crippen LogP contribution in [0.3, 0.4) is 0 Å². The van der Waals surface area contributed by atoms with E-state index in [4.69, 9.17) is 18.0 Å². The van der Waals surface area contributed by atoms with E-state index in [0.717, 1.165) is 0 Å². The molecule has 0 saturated heterocycles. The maximum absolute atomic E-state index is 12.4. The number of thiocarbonyl (C=S) groups is 1. The van der Waals surface area contributed by atoms with Crippen LogP contribution in [0.25, 0.3) is 0 Å². The molecule has 0 aliphatic heterocycles. The van der Waals surface area contributed by atoms with Gasteiger partial charge in [-0.25, -0.2) is 13.1 Å². The smallest absolute Gasteiger partial charge is 0.243 e. The molecular formula is C12H15N5O2S2. The minimum atomic E-state index is -3.76. The van der Waals surface area contributed by atoms with Crippen LogP contribution in [0, 0.1) is 0 Å². The Morgan fingerprint density at radius 1 is 1.48 bits per heavy atom. The Morgan fingerprint density at radius 3 is 2.86 bits per heavy atom. The van der Waals surface area contributed by atoms with Crippen molar-refractivity contribution in [2.24, 2.45) is 5.73 Å². The van der Waals surface area contributed by atoms with Gasteiger partial charge in [0, 0.05) is 24.6 Å². The lowest BCUT2D eigenvalue weighted by molar-refractivity contribution is 0.493. The van der Waals surface area contributed by atoms with Gasteiger partial charge >= 0.3 is 0 Å². The van der Waals surface area contributed by atoms with Crippen LogP contribution in [-0.4, -0.2) is 34.2 Å². The Bertz CT molecular complexity index is 728. The van der Waals surface area contributed by atoms with Crippen LogP contribution in [-0.2, 0) is 16.6 Å². The Kier molecular flexibility index (Phi) is 4.66. The van der Waals surface area contributed by atoms with Crippen LogP contribution in [0.15, 0.2) is 41.7 Å². The summed E-state index contributed by atoms with van der Waals surface area (Å²) in [6.45, 7) is 2.16. The molecule has 0 bridgehead atoms. The molecule has 1 atom stereocenters. The van der Waals surface area contributed by atoms with Crippen molar-refractivity contribution in [3.05, 3.63) is 42.5 Å². The minimum Gasteiger partial charge on any atom is -0.388 e. The number of aromatic nitrogens is 3. The van der Waals surface area contributed by atoms with Crippen molar-refractivity contribution in [3.8, 4) is 0 Å². The van der Waals surface area contributed by atoms with Gasteiger partial charge in [0.1, 0.15) is 15.6 Å². The molecule has 2 heterocycles. The van der Waals surface area contributed by atoms with Gasteiger partial charge in [0.05, 0.1) is 6.54 Å². The molecule has 3 N–H and O–H groups in total. The van der Waals surface area contributed by atoms with Gasteiger partial charge in [-0.2, -0.15) is 5.10 Å². The van der Waals surface area contributed by atoms with Gasteiger partial charge in [-0.05, 0) is 25.1 Å². The van der Waals surface area contributed by atoms with E-state index in [1.807, 2.05) is 0 Å². The maximum Gasteiger partial charge on any atom is 0.243 e. The first-order valence-electron chi connectivity index (χ1n) is 6.15. The second-order valence-electron chi connectivity index (χ2n) is 4.46. The van der Waals surface area contributed by atoms with Crippen LogP contribution in [0.5, 0.6) is 0 Å². The van der Waals surface area contributed by atoms with Gasteiger partial charge in [0.2, 0.25) is 10.0 Å². The average molecular weight is 325 g/mol. The highest BCUT2D eigenvalue weighted by molar-refractivity contribution is 7.89. The summed E-state index contributed by atoms with van der Waals surface area (Å²) in [5.74, 6) is 0. The second kappa shape index (κ2) is 6.29. The first kappa shape index (κ1) is 15.5. The van der Waals surface area contributed by atoms with Crippen LogP contribution < -0.4 is 10.5 Å². The summed E-state index contributed by atoms with van der Waals surface area (Å²) in [5.41, 5.74) is 5.60. The van der Waals surface area contributed by atoms with Crippen molar-refractivity contribution in [1.82, 2.24) is 19.5 Å². The molecule has 0 aromatic carbocycles. The zero-order valence-corrected chi connectivity index (χ0v) is 12.9. The molecule has 2 aromatic rings. The normalized spacial score (nSPS) is 13.0. The molecule has 0 fully saturated rings. The van der Waals surface area contributed by atoms with Crippen LogP contribution in [0.2, 0.25) is 0 Å². The van der Waals surface area contributed by atoms with E-state index in [0.29, 0.717) is 6.54 Å². The summed E-state index contributed by atoms with van der Waals surface area (Å²) in [6, 6.07) is 4.36. The fourth-order valence-corrected chi connectivity index (χ4v) is 3.48. The Hall–Kier alpha value is -1.84. The Balaban J connectivity index is 2.20. The molecule has 21 heavy (non-hydrogen) atoms. The van der Waals surface area contributed by atoms with Crippen molar-refractivity contribution in [1.29, 1.82) is 0 Å². The summed E-state index contributed by atoms with van der Waals surface area (Å²) in [7, 11) is -3.76. The molecule has 2 aromatic heterocycles. The average Bonchev–Trinajstić information content (AvgIpc) is 2.90. The molecule has 0 saturated carbocycles. The molecule has 7 nitrogen and oxygen atoms in total. The molecule has 2 rings (SSSR count). The van der Waals surface area contributed by atoms with Crippen molar-refractivity contribution >= 4 is 27.2 Å². The predicted molar refractivity (Wildman–Crippen MR) is 82.1 cm³/mol. The van der Waals surface area contributed by atoms with Gasteiger partial charge in [-0.3, -0.25) is 9.67 Å². The summed E-state index contributed by atoms with van der Waals surface area (Å²) in [5, 5.41) is 4.03. The molecule has 0 spiro atoms. The summed E-state index contributed by atoms with van der Waals surface area (Å²) in [6.07, 6.45) is 4.84. The van der Waals surface area contributed by atoms with Crippen molar-refractivity contribution < 1.29 is 8.42 Å². The van der Waals surface area contributed by atoms with Gasteiger partial charge < -0.3 is 5.73 Å². The Morgan fingerprint density at radius 2 is 2.24 bits per heavy atom. The number of nitrogens with two attached hydrogens (primary N) is 1. The molecule has 0 amide bonds. The lowest BCUT2D eigenvalue weighted by atomic mass is 10.3. The van der Waals surface area contributed by atoms with E-state index in [-0.39, 0.29) is 21.6 Å². The highest BCUT2D eigenvalue weighted by Crippen LogP contribution is 2.13. The highest BCUT2D eigenvalue weighted by atomic mass is 32.2. The summed E-state index contributed by atoms with van der Waals surface area (Å²) in [4.78, 5) is 3.84. The zero-order valence-electron chi connectivity index (χ0n) is 11.3. The van der Waals surface area contributed by atoms with Crippen molar-refractivity contribution in [2.75, 3.05) is 0 Å². The van der Waals surface area contributed by atoms with Crippen molar-refractivity contribution in [2.45, 2.75) is 24.4 Å². The maximum atomic E-state index is 12.4. The first-order valence-corrected chi connectivity index (χ1v) is 8.04. The number of hydrogen-bond donors (Lipinski definition) is 2. The number of nitrogens with zero attached hydrogens (tertiary/aromatic N) is 3. The fraction of sp³-hybridized carbons (Fsp3) is 0.250. The molecule has 9 heteroatoms. The SMILES string of the molecule is CC(Cn1cccn1)NS(=O)(=O)c1cccnc1C(N)=S. The highest BCUT2D eigenvalue weighted by Gasteiger charge is 2.22. The predicted octanol–water partition coefficient (Wildman–Crippen LogP) is 0.279. The number of sulfonamides is 1. The third-order valence-electron chi connectivity index (χ3n) is 2.67. The molecule has 0 aliphatic rings. The molecule has 0 aliphatic carbocycles. The molecule has 112 valence electrons. The monoisotopic (exact) mass is 325 g/mol. The number of rotatable bonds is 6. The topological polar surface area (TPSA) is 103 Å². The number of nitrogens with one attached hydrogen (secondary N) is 1. The first-order chi connectivity index (χ1) is 9.90. The lowest BCUT2D eigenvalue weighted by Gasteiger charge is -2.15. The third kappa shape index (κ3) is 3.84. The lowest BCUT2D eigenvalue weighted by Crippen LogP contribution is -2.36. The third-order valence-corrected chi connectivity index (χ3v) is 4.48. The summed E-state index contributed by atoms with van der Waals surface area (Å²) >= 11 is 4.83. The number of hydrogen-bond acceptors (Lipinski definition) is 5. The summed E-state index contributed by atoms with van der Waals surface area (Å²) < 4.78 is 29.0. The van der Waals surface area contributed by atoms with E-state index >= 15 is 0 Å². The quantitative estimate of drug-likeness (QED) is 0.740. The minimum absolute atomic E-state index is 0.0233. The van der Waals surface area contributed by atoms with E-state index in [2.05, 4.69) is 14.8 Å². The van der Waals surface area contributed by atoms with E-state index in [9.17, 15) is 8.42 Å². The van der Waals surface area contributed by atoms with Crippen LogP contribution in [0.1, 0.15) is 12.6 Å². The number of pyridine rings is 1. The molecule has 1 unspecified atom stereocenters. The molecule has 0 radical (unpaired) electrons. The van der Waals surface area contributed by atoms with Gasteiger partial charge in [0.25, 0.3) is 0 Å². The van der Waals surface area contributed by atoms with Crippen LogP contribution in [0.4, 0.5) is 0 Å². The van der Waals surface area contributed by atoms with Crippen molar-refractivity contribution in [3.63, 3.8) is 0 Å². The van der Waals surface area contributed by atoms with Gasteiger partial charge in [-0.15, -0.1) is 0 Å². The molecular weight excluding hydrogens is 310 g/mol. The zero-order chi connectivity index (χ0) is 15.5. The fourth-order valence-electron chi connectivity index (χ4n) is 1.85. The van der Waals surface area contributed by atoms with E-state index in [1.165, 1.54) is 18.3 Å². The second-order valence-corrected chi connectivity index (χ2v) is 6.59. The van der Waals surface area contributed by atoms with Gasteiger partial charge in [0.15, 0.2) is 0 Å².